The second kappa shape index (κ2) is 5.74. The van der Waals surface area contributed by atoms with Gasteiger partial charge >= 0.3 is 0 Å². The van der Waals surface area contributed by atoms with Gasteiger partial charge in [-0.05, 0) is 49.9 Å². The number of methoxy groups -OCH3 is 1. The zero-order chi connectivity index (χ0) is 14.0. The van der Waals surface area contributed by atoms with Crippen LogP contribution in [0.1, 0.15) is 37.3 Å². The highest BCUT2D eigenvalue weighted by atomic mass is 16.5. The summed E-state index contributed by atoms with van der Waals surface area (Å²) in [6.45, 7) is 6.43. The SMILES string of the molecule is CO[C@]1(C)CCCN(Cc2ccc3c(c2)CCO3)CC1. The van der Waals surface area contributed by atoms with Crippen molar-refractivity contribution in [3.8, 4) is 5.75 Å². The van der Waals surface area contributed by atoms with E-state index in [2.05, 4.69) is 30.0 Å². The summed E-state index contributed by atoms with van der Waals surface area (Å²) in [5.74, 6) is 1.08. The molecule has 0 amide bonds. The van der Waals surface area contributed by atoms with Crippen molar-refractivity contribution in [2.24, 2.45) is 0 Å². The maximum atomic E-state index is 5.67. The lowest BCUT2D eigenvalue weighted by atomic mass is 9.97. The van der Waals surface area contributed by atoms with Gasteiger partial charge in [0.2, 0.25) is 0 Å². The Kier molecular flexibility index (Phi) is 3.99. The summed E-state index contributed by atoms with van der Waals surface area (Å²) >= 11 is 0. The molecule has 0 saturated carbocycles. The topological polar surface area (TPSA) is 21.7 Å². The van der Waals surface area contributed by atoms with E-state index in [0.29, 0.717) is 0 Å². The lowest BCUT2D eigenvalue weighted by Crippen LogP contribution is -2.30. The third-order valence-corrected chi connectivity index (χ3v) is 4.79. The summed E-state index contributed by atoms with van der Waals surface area (Å²) in [5.41, 5.74) is 2.86. The van der Waals surface area contributed by atoms with Crippen molar-refractivity contribution in [3.05, 3.63) is 29.3 Å². The minimum absolute atomic E-state index is 0.0700. The average Bonchev–Trinajstić information content (AvgIpc) is 2.84. The van der Waals surface area contributed by atoms with Gasteiger partial charge in [-0.1, -0.05) is 12.1 Å². The molecule has 0 unspecified atom stereocenters. The second-order valence-electron chi connectivity index (χ2n) is 6.32. The fourth-order valence-corrected chi connectivity index (χ4v) is 3.27. The number of nitrogens with zero attached hydrogens (tertiary/aromatic N) is 1. The zero-order valence-electron chi connectivity index (χ0n) is 12.7. The number of hydrogen-bond acceptors (Lipinski definition) is 3. The maximum absolute atomic E-state index is 5.67. The molecule has 20 heavy (non-hydrogen) atoms. The number of likely N-dealkylation sites (tertiary alicyclic amines) is 1. The molecule has 3 rings (SSSR count). The zero-order valence-corrected chi connectivity index (χ0v) is 12.7. The van der Waals surface area contributed by atoms with Crippen LogP contribution < -0.4 is 4.74 Å². The van der Waals surface area contributed by atoms with Gasteiger partial charge in [-0.15, -0.1) is 0 Å². The Morgan fingerprint density at radius 3 is 3.05 bits per heavy atom. The van der Waals surface area contributed by atoms with Crippen molar-refractivity contribution in [2.75, 3.05) is 26.8 Å². The predicted octanol–water partition coefficient (Wildman–Crippen LogP) is 3.01. The number of ether oxygens (including phenoxy) is 2. The summed E-state index contributed by atoms with van der Waals surface area (Å²) in [7, 11) is 1.84. The molecule has 1 fully saturated rings. The normalized spacial score (nSPS) is 26.9. The standard InChI is InChI=1S/C17H25NO2/c1-17(19-2)7-3-9-18(10-8-17)13-14-4-5-16-15(12-14)6-11-20-16/h4-5,12H,3,6-11,13H2,1-2H3/t17-/m1/s1. The third kappa shape index (κ3) is 2.99. The van der Waals surface area contributed by atoms with Crippen LogP contribution in [-0.2, 0) is 17.7 Å². The van der Waals surface area contributed by atoms with E-state index in [-0.39, 0.29) is 5.60 Å². The summed E-state index contributed by atoms with van der Waals surface area (Å²) < 4.78 is 11.2. The summed E-state index contributed by atoms with van der Waals surface area (Å²) in [6.07, 6.45) is 4.57. The first-order chi connectivity index (χ1) is 9.68. The smallest absolute Gasteiger partial charge is 0.122 e. The Balaban J connectivity index is 1.63. The van der Waals surface area contributed by atoms with E-state index in [0.717, 1.165) is 44.7 Å². The van der Waals surface area contributed by atoms with Crippen molar-refractivity contribution in [3.63, 3.8) is 0 Å². The quantitative estimate of drug-likeness (QED) is 0.846. The molecule has 1 saturated heterocycles. The maximum Gasteiger partial charge on any atom is 0.122 e. The van der Waals surface area contributed by atoms with Gasteiger partial charge in [-0.3, -0.25) is 4.90 Å². The molecule has 2 aliphatic heterocycles. The molecule has 3 nitrogen and oxygen atoms in total. The van der Waals surface area contributed by atoms with Crippen LogP contribution in [0, 0.1) is 0 Å². The van der Waals surface area contributed by atoms with Crippen molar-refractivity contribution in [1.82, 2.24) is 4.90 Å². The van der Waals surface area contributed by atoms with Gasteiger partial charge in [-0.25, -0.2) is 0 Å². The Morgan fingerprint density at radius 1 is 1.30 bits per heavy atom. The van der Waals surface area contributed by atoms with Crippen LogP contribution in [0.3, 0.4) is 0 Å². The Bertz CT molecular complexity index is 474. The van der Waals surface area contributed by atoms with Gasteiger partial charge in [0.05, 0.1) is 12.2 Å². The highest BCUT2D eigenvalue weighted by Crippen LogP contribution is 2.28. The molecule has 1 aromatic rings. The molecule has 3 heteroatoms. The van der Waals surface area contributed by atoms with Gasteiger partial charge in [0.15, 0.2) is 0 Å². The van der Waals surface area contributed by atoms with Crippen molar-refractivity contribution in [1.29, 1.82) is 0 Å². The predicted molar refractivity (Wildman–Crippen MR) is 80.2 cm³/mol. The van der Waals surface area contributed by atoms with Crippen LogP contribution in [-0.4, -0.2) is 37.3 Å². The monoisotopic (exact) mass is 275 g/mol. The van der Waals surface area contributed by atoms with Crippen molar-refractivity contribution in [2.45, 2.75) is 44.8 Å². The van der Waals surface area contributed by atoms with Crippen molar-refractivity contribution >= 4 is 0 Å². The third-order valence-electron chi connectivity index (χ3n) is 4.79. The molecular weight excluding hydrogens is 250 g/mol. The van der Waals surface area contributed by atoms with Crippen LogP contribution in [0.2, 0.25) is 0 Å². The number of benzene rings is 1. The highest BCUT2D eigenvalue weighted by molar-refractivity contribution is 5.39. The minimum Gasteiger partial charge on any atom is -0.493 e. The molecule has 0 radical (unpaired) electrons. The van der Waals surface area contributed by atoms with Crippen LogP contribution in [0.15, 0.2) is 18.2 Å². The van der Waals surface area contributed by atoms with E-state index in [1.54, 1.807) is 0 Å². The molecule has 0 bridgehead atoms. The van der Waals surface area contributed by atoms with Gasteiger partial charge < -0.3 is 9.47 Å². The molecule has 0 aromatic heterocycles. The molecule has 2 heterocycles. The molecule has 0 N–H and O–H groups in total. The fourth-order valence-electron chi connectivity index (χ4n) is 3.27. The van der Waals surface area contributed by atoms with Crippen LogP contribution in [0.25, 0.3) is 0 Å². The van der Waals surface area contributed by atoms with E-state index in [1.165, 1.54) is 24.1 Å². The van der Waals surface area contributed by atoms with Crippen LogP contribution >= 0.6 is 0 Å². The average molecular weight is 275 g/mol. The molecule has 0 aliphatic carbocycles. The Morgan fingerprint density at radius 2 is 2.20 bits per heavy atom. The first kappa shape index (κ1) is 13.9. The van der Waals surface area contributed by atoms with Crippen LogP contribution in [0.5, 0.6) is 5.75 Å². The van der Waals surface area contributed by atoms with Crippen molar-refractivity contribution < 1.29 is 9.47 Å². The van der Waals surface area contributed by atoms with E-state index in [9.17, 15) is 0 Å². The minimum atomic E-state index is 0.0700. The van der Waals surface area contributed by atoms with E-state index in [4.69, 9.17) is 9.47 Å². The van der Waals surface area contributed by atoms with Gasteiger partial charge in [0.1, 0.15) is 5.75 Å². The number of fused-ring (bicyclic) bond motifs is 1. The Hall–Kier alpha value is -1.06. The first-order valence-corrected chi connectivity index (χ1v) is 7.71. The number of hydrogen-bond donors (Lipinski definition) is 0. The van der Waals surface area contributed by atoms with E-state index < -0.39 is 0 Å². The fraction of sp³-hybridized carbons (Fsp3) is 0.647. The van der Waals surface area contributed by atoms with E-state index >= 15 is 0 Å². The van der Waals surface area contributed by atoms with Gasteiger partial charge in [0.25, 0.3) is 0 Å². The summed E-state index contributed by atoms with van der Waals surface area (Å²) in [5, 5.41) is 0. The van der Waals surface area contributed by atoms with E-state index in [1.807, 2.05) is 7.11 Å². The molecule has 1 aromatic carbocycles. The molecule has 0 spiro atoms. The Labute approximate surface area is 121 Å². The summed E-state index contributed by atoms with van der Waals surface area (Å²) in [6, 6.07) is 6.67. The molecular formula is C17H25NO2. The van der Waals surface area contributed by atoms with Gasteiger partial charge in [0, 0.05) is 26.6 Å². The lowest BCUT2D eigenvalue weighted by Gasteiger charge is -2.26. The molecule has 2 aliphatic rings. The molecule has 110 valence electrons. The van der Waals surface area contributed by atoms with Gasteiger partial charge in [-0.2, -0.15) is 0 Å². The molecule has 1 atom stereocenters. The van der Waals surface area contributed by atoms with Crippen LogP contribution in [0.4, 0.5) is 0 Å². The second-order valence-corrected chi connectivity index (χ2v) is 6.32. The summed E-state index contributed by atoms with van der Waals surface area (Å²) in [4.78, 5) is 2.56. The lowest BCUT2D eigenvalue weighted by molar-refractivity contribution is -0.00583. The number of rotatable bonds is 3. The first-order valence-electron chi connectivity index (χ1n) is 7.71. The highest BCUT2D eigenvalue weighted by Gasteiger charge is 2.27. The largest absolute Gasteiger partial charge is 0.493 e.